The zero-order valence-corrected chi connectivity index (χ0v) is 15.7. The molecule has 0 spiro atoms. The van der Waals surface area contributed by atoms with Gasteiger partial charge in [0.05, 0.1) is 0 Å². The maximum absolute atomic E-state index is 8.88. The zero-order chi connectivity index (χ0) is 18.8. The fraction of sp³-hybridized carbons (Fsp3) is 0. The Balaban J connectivity index is 0.000000431. The summed E-state index contributed by atoms with van der Waals surface area (Å²) in [5.74, 6) is 2.34. The lowest BCUT2D eigenvalue weighted by Gasteiger charge is -2.14. The Labute approximate surface area is 154 Å². The van der Waals surface area contributed by atoms with Crippen LogP contribution < -0.4 is 10.6 Å². The van der Waals surface area contributed by atoms with Crippen molar-refractivity contribution >= 4 is 32.4 Å². The van der Waals surface area contributed by atoms with Gasteiger partial charge in [-0.3, -0.25) is 0 Å². The van der Waals surface area contributed by atoms with Gasteiger partial charge in [-0.25, -0.2) is 4.57 Å². The van der Waals surface area contributed by atoms with E-state index in [2.05, 4.69) is 103 Å². The SMILES string of the molecule is C(=CP(c1ccccc1)c1ccccc1)c1ccccc1.O=P(O)(O)O. The van der Waals surface area contributed by atoms with Gasteiger partial charge < -0.3 is 14.7 Å². The summed E-state index contributed by atoms with van der Waals surface area (Å²) in [5.41, 5.74) is 1.25. The molecule has 134 valence electrons. The first-order chi connectivity index (χ1) is 12.4. The summed E-state index contributed by atoms with van der Waals surface area (Å²) in [6.07, 6.45) is 2.23. The Kier molecular flexibility index (Phi) is 7.93. The summed E-state index contributed by atoms with van der Waals surface area (Å²) >= 11 is 0. The van der Waals surface area contributed by atoms with E-state index in [1.54, 1.807) is 0 Å². The van der Waals surface area contributed by atoms with E-state index in [0.29, 0.717) is 0 Å². The van der Waals surface area contributed by atoms with Crippen LogP contribution in [0.4, 0.5) is 0 Å². The van der Waals surface area contributed by atoms with Gasteiger partial charge in [-0.05, 0) is 24.1 Å². The Morgan fingerprint density at radius 1 is 0.654 bits per heavy atom. The minimum absolute atomic E-state index is 0.455. The second kappa shape index (κ2) is 10.2. The van der Waals surface area contributed by atoms with Crippen LogP contribution in [0, 0.1) is 0 Å². The van der Waals surface area contributed by atoms with Crippen molar-refractivity contribution in [3.05, 3.63) is 102 Å². The van der Waals surface area contributed by atoms with Crippen LogP contribution in [-0.4, -0.2) is 14.7 Å². The normalized spacial score (nSPS) is 11.2. The van der Waals surface area contributed by atoms with Crippen molar-refractivity contribution in [1.29, 1.82) is 0 Å². The van der Waals surface area contributed by atoms with E-state index in [-0.39, 0.29) is 0 Å². The number of rotatable bonds is 4. The predicted molar refractivity (Wildman–Crippen MR) is 109 cm³/mol. The zero-order valence-electron chi connectivity index (χ0n) is 14.0. The molecular weight excluding hydrogens is 366 g/mol. The largest absolute Gasteiger partial charge is 0.466 e. The second-order valence-corrected chi connectivity index (χ2v) is 8.38. The van der Waals surface area contributed by atoms with Crippen LogP contribution in [0.5, 0.6) is 0 Å². The maximum Gasteiger partial charge on any atom is 0.466 e. The van der Waals surface area contributed by atoms with Crippen molar-refractivity contribution in [1.82, 2.24) is 0 Å². The highest BCUT2D eigenvalue weighted by Gasteiger charge is 2.09. The van der Waals surface area contributed by atoms with E-state index in [9.17, 15) is 0 Å². The van der Waals surface area contributed by atoms with Crippen LogP contribution in [0.2, 0.25) is 0 Å². The van der Waals surface area contributed by atoms with Gasteiger partial charge in [0.25, 0.3) is 0 Å². The lowest BCUT2D eigenvalue weighted by atomic mass is 10.2. The van der Waals surface area contributed by atoms with Crippen molar-refractivity contribution in [2.75, 3.05) is 0 Å². The quantitative estimate of drug-likeness (QED) is 0.595. The number of phosphoric acid groups is 1. The van der Waals surface area contributed by atoms with E-state index in [4.69, 9.17) is 19.2 Å². The molecule has 0 radical (unpaired) electrons. The average molecular weight is 386 g/mol. The van der Waals surface area contributed by atoms with Crippen molar-refractivity contribution < 1.29 is 19.2 Å². The third kappa shape index (κ3) is 7.88. The first-order valence-electron chi connectivity index (χ1n) is 7.84. The van der Waals surface area contributed by atoms with Gasteiger partial charge in [0, 0.05) is 0 Å². The van der Waals surface area contributed by atoms with Crippen molar-refractivity contribution in [3.8, 4) is 0 Å². The summed E-state index contributed by atoms with van der Waals surface area (Å²) < 4.78 is 8.88. The third-order valence-corrected chi connectivity index (χ3v) is 5.44. The first kappa shape index (κ1) is 20.3. The number of hydrogen-bond acceptors (Lipinski definition) is 1. The summed E-state index contributed by atoms with van der Waals surface area (Å²) in [7, 11) is -5.09. The summed E-state index contributed by atoms with van der Waals surface area (Å²) in [6, 6.07) is 32.0. The van der Waals surface area contributed by atoms with E-state index in [1.165, 1.54) is 16.2 Å². The molecule has 0 heterocycles. The van der Waals surface area contributed by atoms with Crippen LogP contribution in [0.25, 0.3) is 6.08 Å². The Morgan fingerprint density at radius 3 is 1.38 bits per heavy atom. The molecule has 6 heteroatoms. The molecule has 0 saturated heterocycles. The fourth-order valence-electron chi connectivity index (χ4n) is 2.22. The van der Waals surface area contributed by atoms with Gasteiger partial charge in [0.15, 0.2) is 0 Å². The smallest absolute Gasteiger partial charge is 0.303 e. The Morgan fingerprint density at radius 2 is 1.00 bits per heavy atom. The number of hydrogen-bond donors (Lipinski definition) is 3. The molecule has 26 heavy (non-hydrogen) atoms. The molecule has 0 aliphatic heterocycles. The van der Waals surface area contributed by atoms with Crippen LogP contribution in [-0.2, 0) is 4.57 Å². The van der Waals surface area contributed by atoms with Crippen molar-refractivity contribution in [3.63, 3.8) is 0 Å². The van der Waals surface area contributed by atoms with Crippen molar-refractivity contribution in [2.24, 2.45) is 0 Å². The molecule has 0 bridgehead atoms. The lowest BCUT2D eigenvalue weighted by molar-refractivity contribution is 0.275. The molecule has 3 aromatic rings. The highest BCUT2D eigenvalue weighted by molar-refractivity contribution is 7.75. The van der Waals surface area contributed by atoms with E-state index in [1.807, 2.05) is 0 Å². The van der Waals surface area contributed by atoms with E-state index in [0.717, 1.165) is 0 Å². The van der Waals surface area contributed by atoms with Crippen LogP contribution in [0.15, 0.2) is 96.8 Å². The van der Waals surface area contributed by atoms with Crippen LogP contribution in [0.3, 0.4) is 0 Å². The Bertz CT molecular complexity index is 799. The molecule has 0 saturated carbocycles. The minimum atomic E-state index is -4.64. The molecule has 4 nitrogen and oxygen atoms in total. The topological polar surface area (TPSA) is 77.8 Å². The monoisotopic (exact) mass is 386 g/mol. The molecule has 0 aliphatic carbocycles. The Hall–Kier alpha value is -2.06. The summed E-state index contributed by atoms with van der Waals surface area (Å²) in [6.45, 7) is 0. The van der Waals surface area contributed by atoms with Gasteiger partial charge in [0.1, 0.15) is 0 Å². The second-order valence-electron chi connectivity index (χ2n) is 5.28. The van der Waals surface area contributed by atoms with Crippen LogP contribution in [0.1, 0.15) is 5.56 Å². The highest BCUT2D eigenvalue weighted by Crippen LogP contribution is 2.35. The van der Waals surface area contributed by atoms with Gasteiger partial charge in [-0.15, -0.1) is 0 Å². The molecular formula is C20H20O4P2. The van der Waals surface area contributed by atoms with E-state index < -0.39 is 15.7 Å². The van der Waals surface area contributed by atoms with Gasteiger partial charge in [0.2, 0.25) is 0 Å². The third-order valence-electron chi connectivity index (χ3n) is 3.28. The molecule has 0 atom stereocenters. The fourth-order valence-corrected chi connectivity index (χ4v) is 4.17. The predicted octanol–water partition coefficient (Wildman–Crippen LogP) is 3.86. The van der Waals surface area contributed by atoms with Gasteiger partial charge in [-0.1, -0.05) is 103 Å². The molecule has 0 aliphatic rings. The molecule has 3 rings (SSSR count). The van der Waals surface area contributed by atoms with Gasteiger partial charge in [-0.2, -0.15) is 0 Å². The average Bonchev–Trinajstić information content (AvgIpc) is 2.63. The molecule has 3 N–H and O–H groups in total. The molecule has 0 unspecified atom stereocenters. The van der Waals surface area contributed by atoms with Crippen molar-refractivity contribution in [2.45, 2.75) is 0 Å². The van der Waals surface area contributed by atoms with Gasteiger partial charge >= 0.3 is 7.82 Å². The lowest BCUT2D eigenvalue weighted by Crippen LogP contribution is -2.09. The standard InChI is InChI=1S/C20H17P.H3O4P/c1-4-10-18(11-5-1)16-17-21(19-12-6-2-7-13-19)20-14-8-3-9-15-20;1-5(2,3)4/h1-17H;(H3,1,2,3,4). The number of benzene rings is 3. The van der Waals surface area contributed by atoms with Crippen LogP contribution >= 0.6 is 15.7 Å². The molecule has 0 amide bonds. The summed E-state index contributed by atoms with van der Waals surface area (Å²) in [4.78, 5) is 21.6. The summed E-state index contributed by atoms with van der Waals surface area (Å²) in [5, 5.41) is 2.76. The minimum Gasteiger partial charge on any atom is -0.303 e. The molecule has 3 aromatic carbocycles. The van der Waals surface area contributed by atoms with E-state index >= 15 is 0 Å². The maximum atomic E-state index is 8.88. The highest BCUT2D eigenvalue weighted by atomic mass is 31.2. The molecule has 0 aromatic heterocycles. The molecule has 0 fully saturated rings. The first-order valence-corrected chi connectivity index (χ1v) is 10.8.